The Bertz CT molecular complexity index is 802. The average Bonchev–Trinajstić information content (AvgIpc) is 3.03. The number of hydrogen-bond donors (Lipinski definition) is 2. The van der Waals surface area contributed by atoms with E-state index in [1.807, 2.05) is 17.0 Å². The van der Waals surface area contributed by atoms with Crippen LogP contribution in [-0.2, 0) is 9.59 Å². The number of carbonyl (C=O) groups excluding carboxylic acids is 2. The minimum absolute atomic E-state index is 0.102. The fraction of sp³-hybridized carbons (Fsp3) is 0.389. The quantitative estimate of drug-likeness (QED) is 0.780. The highest BCUT2D eigenvalue weighted by Gasteiger charge is 2.21. The fourth-order valence-electron chi connectivity index (χ4n) is 2.86. The lowest BCUT2D eigenvalue weighted by Crippen LogP contribution is -2.50. The van der Waals surface area contributed by atoms with Gasteiger partial charge in [0.1, 0.15) is 0 Å². The number of carbonyl (C=O) groups is 2. The van der Waals surface area contributed by atoms with Gasteiger partial charge in [0.15, 0.2) is 0 Å². The second-order valence-corrected chi connectivity index (χ2v) is 6.87. The maximum Gasteiger partial charge on any atom is 0.240 e. The maximum absolute atomic E-state index is 12.2. The molecule has 2 aromatic rings. The van der Waals surface area contributed by atoms with Gasteiger partial charge in [0.05, 0.1) is 29.5 Å². The van der Waals surface area contributed by atoms with Crippen LogP contribution in [-0.4, -0.2) is 66.0 Å². The van der Waals surface area contributed by atoms with Crippen molar-refractivity contribution < 1.29 is 14.1 Å². The van der Waals surface area contributed by atoms with Crippen LogP contribution in [0.5, 0.6) is 0 Å². The van der Waals surface area contributed by atoms with Crippen LogP contribution in [0.3, 0.4) is 0 Å². The molecule has 1 saturated heterocycles. The van der Waals surface area contributed by atoms with Crippen molar-refractivity contribution in [3.63, 3.8) is 0 Å². The second-order valence-electron chi connectivity index (χ2n) is 6.46. The highest BCUT2D eigenvalue weighted by Crippen LogP contribution is 2.20. The topological polar surface area (TPSA) is 90.7 Å². The zero-order valence-electron chi connectivity index (χ0n) is 15.1. The van der Waals surface area contributed by atoms with Gasteiger partial charge in [-0.15, -0.1) is 0 Å². The van der Waals surface area contributed by atoms with E-state index in [1.165, 1.54) is 0 Å². The van der Waals surface area contributed by atoms with Crippen LogP contribution in [0.4, 0.5) is 11.6 Å². The molecule has 0 saturated carbocycles. The highest BCUT2D eigenvalue weighted by atomic mass is 35.5. The van der Waals surface area contributed by atoms with Crippen LogP contribution in [0.15, 0.2) is 34.9 Å². The van der Waals surface area contributed by atoms with Gasteiger partial charge in [-0.2, -0.15) is 0 Å². The molecule has 27 heavy (non-hydrogen) atoms. The van der Waals surface area contributed by atoms with Gasteiger partial charge in [-0.1, -0.05) is 28.9 Å². The number of amides is 2. The Morgan fingerprint density at radius 2 is 1.67 bits per heavy atom. The molecule has 1 aliphatic rings. The lowest BCUT2D eigenvalue weighted by atomic mass is 10.3. The summed E-state index contributed by atoms with van der Waals surface area (Å²) in [6.45, 7) is 5.21. The van der Waals surface area contributed by atoms with Crippen molar-refractivity contribution in [1.29, 1.82) is 0 Å². The summed E-state index contributed by atoms with van der Waals surface area (Å²) < 4.78 is 4.98. The van der Waals surface area contributed by atoms with Crippen LogP contribution in [0.2, 0.25) is 5.02 Å². The monoisotopic (exact) mass is 391 g/mol. The Morgan fingerprint density at radius 3 is 2.22 bits per heavy atom. The minimum atomic E-state index is -0.143. The van der Waals surface area contributed by atoms with Crippen molar-refractivity contribution in [2.24, 2.45) is 0 Å². The van der Waals surface area contributed by atoms with Gasteiger partial charge in [-0.3, -0.25) is 24.7 Å². The van der Waals surface area contributed by atoms with Gasteiger partial charge < -0.3 is 9.84 Å². The third-order valence-electron chi connectivity index (χ3n) is 4.24. The van der Waals surface area contributed by atoms with Gasteiger partial charge in [-0.25, -0.2) is 0 Å². The summed E-state index contributed by atoms with van der Waals surface area (Å²) in [5, 5.41) is 9.76. The standard InChI is InChI=1S/C18H22ClN5O3/c1-13-10-18(27-22-13)21-17(26)12-24-8-6-23(7-9-24)11-16(25)20-15-5-3-2-4-14(15)19/h2-5,10H,6-9,11-12H2,1H3,(H,20,25)(H,21,26). The van der Waals surface area contributed by atoms with Crippen molar-refractivity contribution in [3.05, 3.63) is 41.0 Å². The van der Waals surface area contributed by atoms with Gasteiger partial charge >= 0.3 is 0 Å². The molecule has 8 nitrogen and oxygen atoms in total. The van der Waals surface area contributed by atoms with Crippen LogP contribution in [0, 0.1) is 6.92 Å². The molecule has 0 atom stereocenters. The van der Waals surface area contributed by atoms with E-state index < -0.39 is 0 Å². The van der Waals surface area contributed by atoms with E-state index in [-0.39, 0.29) is 18.4 Å². The van der Waals surface area contributed by atoms with Crippen LogP contribution >= 0.6 is 11.6 Å². The number of halogens is 1. The van der Waals surface area contributed by atoms with Crippen LogP contribution < -0.4 is 10.6 Å². The van der Waals surface area contributed by atoms with E-state index in [2.05, 4.69) is 20.7 Å². The van der Waals surface area contributed by atoms with E-state index >= 15 is 0 Å². The summed E-state index contributed by atoms with van der Waals surface area (Å²) >= 11 is 6.05. The second kappa shape index (κ2) is 8.98. The Kier molecular flexibility index (Phi) is 6.44. The molecule has 144 valence electrons. The van der Waals surface area contributed by atoms with Crippen LogP contribution in [0.25, 0.3) is 0 Å². The first-order chi connectivity index (χ1) is 13.0. The molecular formula is C18H22ClN5O3. The summed E-state index contributed by atoms with van der Waals surface area (Å²) in [6, 6.07) is 8.82. The molecule has 9 heteroatoms. The summed E-state index contributed by atoms with van der Waals surface area (Å²) in [4.78, 5) is 28.3. The van der Waals surface area contributed by atoms with Crippen molar-refractivity contribution in [2.45, 2.75) is 6.92 Å². The molecule has 2 N–H and O–H groups in total. The third kappa shape index (κ3) is 5.78. The summed E-state index contributed by atoms with van der Waals surface area (Å²) in [6.07, 6.45) is 0. The highest BCUT2D eigenvalue weighted by molar-refractivity contribution is 6.33. The molecule has 1 aromatic carbocycles. The Morgan fingerprint density at radius 1 is 1.07 bits per heavy atom. The normalized spacial score (nSPS) is 15.5. The number of hydrogen-bond acceptors (Lipinski definition) is 6. The number of anilines is 2. The number of aryl methyl sites for hydroxylation is 1. The molecule has 0 radical (unpaired) electrons. The van der Waals surface area contributed by atoms with Crippen molar-refractivity contribution >= 4 is 35.0 Å². The molecule has 1 aromatic heterocycles. The van der Waals surface area contributed by atoms with Crippen molar-refractivity contribution in [3.8, 4) is 0 Å². The van der Waals surface area contributed by atoms with E-state index in [0.717, 1.165) is 0 Å². The van der Waals surface area contributed by atoms with Gasteiger partial charge in [-0.05, 0) is 19.1 Å². The number of nitrogens with zero attached hydrogens (tertiary/aromatic N) is 3. The van der Waals surface area contributed by atoms with E-state index in [1.54, 1.807) is 25.1 Å². The van der Waals surface area contributed by atoms with Gasteiger partial charge in [0.2, 0.25) is 17.7 Å². The summed E-state index contributed by atoms with van der Waals surface area (Å²) in [5.74, 6) is 0.110. The smallest absolute Gasteiger partial charge is 0.240 e. The SMILES string of the molecule is Cc1cc(NC(=O)CN2CCN(CC(=O)Nc3ccccc3Cl)CC2)on1. The number of nitrogens with one attached hydrogen (secondary N) is 2. The average molecular weight is 392 g/mol. The van der Waals surface area contributed by atoms with Crippen LogP contribution in [0.1, 0.15) is 5.69 Å². The Labute approximate surface area is 162 Å². The predicted molar refractivity (Wildman–Crippen MR) is 103 cm³/mol. The van der Waals surface area contributed by atoms with Gasteiger partial charge in [0.25, 0.3) is 0 Å². The Hall–Kier alpha value is -2.42. The molecule has 1 fully saturated rings. The minimum Gasteiger partial charge on any atom is -0.338 e. The molecule has 2 heterocycles. The molecule has 1 aliphatic heterocycles. The lowest BCUT2D eigenvalue weighted by molar-refractivity contribution is -0.120. The number of benzene rings is 1. The van der Waals surface area contributed by atoms with E-state index in [9.17, 15) is 9.59 Å². The molecule has 2 amide bonds. The number of rotatable bonds is 6. The molecule has 0 bridgehead atoms. The first kappa shape index (κ1) is 19.3. The third-order valence-corrected chi connectivity index (χ3v) is 4.57. The lowest BCUT2D eigenvalue weighted by Gasteiger charge is -2.33. The van der Waals surface area contributed by atoms with Crippen molar-refractivity contribution in [1.82, 2.24) is 15.0 Å². The Balaban J connectivity index is 1.39. The molecule has 3 rings (SSSR count). The molecule has 0 spiro atoms. The summed E-state index contributed by atoms with van der Waals surface area (Å²) in [5.41, 5.74) is 1.33. The largest absolute Gasteiger partial charge is 0.338 e. The maximum atomic E-state index is 12.2. The summed E-state index contributed by atoms with van der Waals surface area (Å²) in [7, 11) is 0. The number of piperazine rings is 1. The van der Waals surface area contributed by atoms with Gasteiger partial charge in [0, 0.05) is 32.2 Å². The first-order valence-electron chi connectivity index (χ1n) is 8.72. The number of aromatic nitrogens is 1. The molecule has 0 unspecified atom stereocenters. The number of para-hydroxylation sites is 1. The predicted octanol–water partition coefficient (Wildman–Crippen LogP) is 1.83. The zero-order valence-corrected chi connectivity index (χ0v) is 15.8. The zero-order chi connectivity index (χ0) is 19.2. The van der Waals surface area contributed by atoms with E-state index in [0.29, 0.717) is 55.0 Å². The fourth-order valence-corrected chi connectivity index (χ4v) is 3.05. The van der Waals surface area contributed by atoms with E-state index in [4.69, 9.17) is 16.1 Å². The molecule has 0 aliphatic carbocycles. The molecular weight excluding hydrogens is 370 g/mol. The first-order valence-corrected chi connectivity index (χ1v) is 9.09. The van der Waals surface area contributed by atoms with Crippen molar-refractivity contribution in [2.75, 3.05) is 49.9 Å².